The van der Waals surface area contributed by atoms with E-state index in [4.69, 9.17) is 10.2 Å². The van der Waals surface area contributed by atoms with E-state index in [2.05, 4.69) is 0 Å². The molecule has 2 heteroatoms. The van der Waals surface area contributed by atoms with E-state index < -0.39 is 0 Å². The van der Waals surface area contributed by atoms with E-state index in [9.17, 15) is 0 Å². The van der Waals surface area contributed by atoms with Gasteiger partial charge in [0.1, 0.15) is 0 Å². The minimum Gasteiger partial charge on any atom is -0.561 e. The van der Waals surface area contributed by atoms with E-state index in [1.807, 2.05) is 0 Å². The summed E-state index contributed by atoms with van der Waals surface area (Å²) in [4.78, 5) is 0. The van der Waals surface area contributed by atoms with E-state index in [1.165, 1.54) is 6.92 Å². The Morgan fingerprint density at radius 2 is 2.00 bits per heavy atom. The van der Waals surface area contributed by atoms with Gasteiger partial charge in [0.15, 0.2) is 0 Å². The van der Waals surface area contributed by atoms with Crippen molar-refractivity contribution >= 4 is 0 Å². The summed E-state index contributed by atoms with van der Waals surface area (Å²) in [5.41, 5.74) is 0. The highest BCUT2D eigenvalue weighted by Crippen LogP contribution is 1.81. The van der Waals surface area contributed by atoms with Crippen LogP contribution in [0.15, 0.2) is 0 Å². The quantitative estimate of drug-likeness (QED) is 0.427. The Labute approximate surface area is 31.1 Å². The van der Waals surface area contributed by atoms with Crippen LogP contribution in [0.4, 0.5) is 0 Å². The van der Waals surface area contributed by atoms with E-state index in [0.29, 0.717) is 0 Å². The van der Waals surface area contributed by atoms with Gasteiger partial charge in [-0.15, -0.1) is 0 Å². The second kappa shape index (κ2) is 2.18. The Balaban J connectivity index is 2.54. The van der Waals surface area contributed by atoms with Gasteiger partial charge in [-0.05, 0) is 0 Å². The predicted octanol–water partition coefficient (Wildman–Crippen LogP) is -0.0969. The maximum absolute atomic E-state index is 8.03. The first kappa shape index (κ1) is 4.92. The first-order valence-electron chi connectivity index (χ1n) is 1.39. The van der Waals surface area contributed by atoms with Crippen molar-refractivity contribution in [2.24, 2.45) is 0 Å². The molecule has 0 saturated carbocycles. The van der Waals surface area contributed by atoms with Crippen LogP contribution in [-0.4, -0.2) is 16.8 Å². The smallest absolute Gasteiger partial charge is 0.0559 e. The minimum absolute atomic E-state index is 0.0602. The van der Waals surface area contributed by atoms with Gasteiger partial charge in [0.2, 0.25) is 0 Å². The third-order valence-electron chi connectivity index (χ3n) is 0.229. The van der Waals surface area contributed by atoms with Gasteiger partial charge in [-0.25, -0.2) is 0 Å². The average molecular weight is 75.1 g/mol. The van der Waals surface area contributed by atoms with Crippen molar-refractivity contribution in [1.82, 2.24) is 0 Å². The van der Waals surface area contributed by atoms with Crippen molar-refractivity contribution in [2.45, 2.75) is 6.92 Å². The van der Waals surface area contributed by atoms with Crippen molar-refractivity contribution in [1.29, 1.82) is 0 Å². The Bertz CT molecular complexity index is 18.9. The van der Waals surface area contributed by atoms with Crippen LogP contribution in [0.2, 0.25) is 0 Å². The lowest BCUT2D eigenvalue weighted by molar-refractivity contribution is 0.194. The molecule has 2 N–H and O–H groups in total. The molecule has 2 nitrogen and oxygen atoms in total. The van der Waals surface area contributed by atoms with Crippen LogP contribution in [0.25, 0.3) is 0 Å². The lowest BCUT2D eigenvalue weighted by Gasteiger charge is -2.07. The Kier molecular flexibility index (Phi) is 2.14. The summed E-state index contributed by atoms with van der Waals surface area (Å²) in [5, 5.41) is 15.9. The van der Waals surface area contributed by atoms with E-state index in [-0.39, 0.29) is 12.7 Å². The molecular weight excluding hydrogens is 68.0 g/mol. The van der Waals surface area contributed by atoms with Gasteiger partial charge in [-0.3, -0.25) is 0 Å². The normalized spacial score (nSPS) is 9.60. The SMILES string of the molecule is C[C-](O)CO. The molecule has 0 aliphatic carbocycles. The van der Waals surface area contributed by atoms with Gasteiger partial charge in [-0.1, -0.05) is 6.61 Å². The van der Waals surface area contributed by atoms with Gasteiger partial charge in [0, 0.05) is 0 Å². The van der Waals surface area contributed by atoms with Gasteiger partial charge in [0.05, 0.1) is 0 Å². The molecule has 0 saturated heterocycles. The summed E-state index contributed by atoms with van der Waals surface area (Å²) in [6.07, 6.45) is 0.0602. The molecule has 0 heterocycles. The van der Waals surface area contributed by atoms with Crippen LogP contribution in [0.3, 0.4) is 0 Å². The molecule has 0 aliphatic rings. The molecule has 0 aromatic heterocycles. The third-order valence-corrected chi connectivity index (χ3v) is 0.229. The Hall–Kier alpha value is -0.0800. The molecular formula is C3H7O2-. The van der Waals surface area contributed by atoms with Crippen molar-refractivity contribution in [3.63, 3.8) is 0 Å². The second-order valence-corrected chi connectivity index (χ2v) is 0.893. The molecule has 0 aromatic rings. The highest BCUT2D eigenvalue weighted by Gasteiger charge is 1.65. The fourth-order valence-electron chi connectivity index (χ4n) is 0. The van der Waals surface area contributed by atoms with Gasteiger partial charge >= 0.3 is 0 Å². The largest absolute Gasteiger partial charge is 0.561 e. The maximum atomic E-state index is 8.03. The zero-order chi connectivity index (χ0) is 4.28. The second-order valence-electron chi connectivity index (χ2n) is 0.893. The van der Waals surface area contributed by atoms with Crippen molar-refractivity contribution in [3.05, 3.63) is 6.10 Å². The molecule has 5 heavy (non-hydrogen) atoms. The van der Waals surface area contributed by atoms with Gasteiger partial charge < -0.3 is 10.2 Å². The van der Waals surface area contributed by atoms with Crippen LogP contribution in [-0.2, 0) is 0 Å². The van der Waals surface area contributed by atoms with Crippen molar-refractivity contribution in [2.75, 3.05) is 6.61 Å². The summed E-state index contributed by atoms with van der Waals surface area (Å²) in [7, 11) is 0. The summed E-state index contributed by atoms with van der Waals surface area (Å²) in [6.45, 7) is 1.22. The van der Waals surface area contributed by atoms with Crippen molar-refractivity contribution in [3.8, 4) is 0 Å². The maximum Gasteiger partial charge on any atom is -0.0559 e. The minimum atomic E-state index is -0.222. The highest BCUT2D eigenvalue weighted by atomic mass is 16.3. The Morgan fingerprint density at radius 3 is 2.00 bits per heavy atom. The molecule has 0 spiro atoms. The van der Waals surface area contributed by atoms with E-state index in [1.54, 1.807) is 0 Å². The molecule has 0 radical (unpaired) electrons. The molecule has 0 aromatic carbocycles. The molecule has 0 amide bonds. The average Bonchev–Trinajstić information content (AvgIpc) is 1.38. The van der Waals surface area contributed by atoms with Crippen LogP contribution in [0.5, 0.6) is 0 Å². The zero-order valence-electron chi connectivity index (χ0n) is 3.10. The molecule has 0 unspecified atom stereocenters. The lowest BCUT2D eigenvalue weighted by atomic mass is 10.5. The summed E-state index contributed by atoms with van der Waals surface area (Å²) >= 11 is 0. The summed E-state index contributed by atoms with van der Waals surface area (Å²) in [6, 6.07) is 0. The fraction of sp³-hybridized carbons (Fsp3) is 0.667. The van der Waals surface area contributed by atoms with E-state index >= 15 is 0 Å². The highest BCUT2D eigenvalue weighted by molar-refractivity contribution is 4.61. The number of rotatable bonds is 1. The zero-order valence-corrected chi connectivity index (χ0v) is 3.10. The predicted molar refractivity (Wildman–Crippen MR) is 17.9 cm³/mol. The lowest BCUT2D eigenvalue weighted by Crippen LogP contribution is -1.92. The van der Waals surface area contributed by atoms with E-state index in [0.717, 1.165) is 0 Å². The number of hydrogen-bond donors (Lipinski definition) is 2. The fourth-order valence-corrected chi connectivity index (χ4v) is 0. The topological polar surface area (TPSA) is 40.5 Å². The van der Waals surface area contributed by atoms with Gasteiger partial charge in [0.25, 0.3) is 0 Å². The van der Waals surface area contributed by atoms with Crippen LogP contribution < -0.4 is 0 Å². The first-order chi connectivity index (χ1) is 2.27. The summed E-state index contributed by atoms with van der Waals surface area (Å²) < 4.78 is 0. The van der Waals surface area contributed by atoms with Crippen LogP contribution >= 0.6 is 0 Å². The van der Waals surface area contributed by atoms with Crippen LogP contribution in [0, 0.1) is 6.10 Å². The molecule has 0 aliphatic heterocycles. The van der Waals surface area contributed by atoms with Gasteiger partial charge in [-0.2, -0.15) is 13.0 Å². The number of hydrogen-bond acceptors (Lipinski definition) is 2. The standard InChI is InChI=1S/C3H7O2/c1-3(5)2-4/h4-5H,2H2,1H3/q-1. The Morgan fingerprint density at radius 1 is 1.80 bits per heavy atom. The molecule has 32 valence electrons. The van der Waals surface area contributed by atoms with Crippen LogP contribution in [0.1, 0.15) is 6.92 Å². The third kappa shape index (κ3) is 3.92. The monoisotopic (exact) mass is 75.0 g/mol. The molecule has 0 atom stereocenters. The molecule has 0 rings (SSSR count). The van der Waals surface area contributed by atoms with Crippen molar-refractivity contribution < 1.29 is 10.2 Å². The molecule has 0 bridgehead atoms. The summed E-state index contributed by atoms with van der Waals surface area (Å²) in [5.74, 6) is 0. The molecule has 0 fully saturated rings. The number of aliphatic hydroxyl groups excluding tert-OH is 2. The number of aliphatic hydroxyl groups is 2. The first-order valence-corrected chi connectivity index (χ1v) is 1.39.